The molecule has 1 saturated heterocycles. The van der Waals surface area contributed by atoms with E-state index >= 15 is 0 Å². The molecule has 0 bridgehead atoms. The first-order valence-corrected chi connectivity index (χ1v) is 9.37. The highest BCUT2D eigenvalue weighted by Crippen LogP contribution is 2.26. The highest BCUT2D eigenvalue weighted by Gasteiger charge is 2.31. The Hall–Kier alpha value is -3.26. The van der Waals surface area contributed by atoms with Crippen molar-refractivity contribution < 1.29 is 9.59 Å². The molecule has 0 atom stereocenters. The molecule has 8 heteroatoms. The summed E-state index contributed by atoms with van der Waals surface area (Å²) in [6.45, 7) is 1.46. The van der Waals surface area contributed by atoms with Crippen LogP contribution in [0.4, 0.5) is 0 Å². The first-order chi connectivity index (χ1) is 13.6. The van der Waals surface area contributed by atoms with Gasteiger partial charge in [0.15, 0.2) is 5.65 Å². The van der Waals surface area contributed by atoms with Crippen LogP contribution in [0.5, 0.6) is 0 Å². The zero-order valence-corrected chi connectivity index (χ0v) is 15.2. The Bertz CT molecular complexity index is 1080. The van der Waals surface area contributed by atoms with E-state index in [-0.39, 0.29) is 17.9 Å². The van der Waals surface area contributed by atoms with E-state index in [2.05, 4.69) is 32.8 Å². The van der Waals surface area contributed by atoms with E-state index in [1.165, 1.54) is 21.8 Å². The molecular weight excluding hydrogens is 356 g/mol. The lowest BCUT2D eigenvalue weighted by Gasteiger charge is -2.25. The summed E-state index contributed by atoms with van der Waals surface area (Å²) in [5.74, 6) is -0.709. The Morgan fingerprint density at radius 3 is 2.46 bits per heavy atom. The number of carbonyl (C=O) groups is 2. The number of primary amides is 1. The monoisotopic (exact) mass is 376 g/mol. The van der Waals surface area contributed by atoms with Crippen LogP contribution in [-0.4, -0.2) is 45.5 Å². The molecule has 2 aromatic heterocycles. The van der Waals surface area contributed by atoms with Crippen molar-refractivity contribution in [3.63, 3.8) is 0 Å². The van der Waals surface area contributed by atoms with Crippen LogP contribution in [-0.2, 0) is 12.8 Å². The topological polar surface area (TPSA) is 114 Å². The average molecular weight is 376 g/mol. The molecule has 0 saturated carbocycles. The SMILES string of the molecule is NC(=O)c1c(C2CNC2)nn2c(C(=O)NC3Cc4ccccc4C3)ccnc12. The molecule has 0 radical (unpaired) electrons. The first-order valence-electron chi connectivity index (χ1n) is 9.37. The number of nitrogens with zero attached hydrogens (tertiary/aromatic N) is 3. The van der Waals surface area contributed by atoms with Crippen LogP contribution in [0.2, 0.25) is 0 Å². The Morgan fingerprint density at radius 2 is 1.86 bits per heavy atom. The molecule has 5 rings (SSSR count). The predicted octanol–water partition coefficient (Wildman–Crippen LogP) is 0.412. The van der Waals surface area contributed by atoms with E-state index in [0.717, 1.165) is 25.9 Å². The highest BCUT2D eigenvalue weighted by molar-refractivity contribution is 6.01. The van der Waals surface area contributed by atoms with Gasteiger partial charge in [0.2, 0.25) is 0 Å². The normalized spacial score (nSPS) is 16.7. The number of nitrogens with two attached hydrogens (primary N) is 1. The van der Waals surface area contributed by atoms with Gasteiger partial charge in [-0.15, -0.1) is 0 Å². The minimum absolute atomic E-state index is 0.0367. The van der Waals surface area contributed by atoms with Crippen molar-refractivity contribution in [1.82, 2.24) is 25.2 Å². The van der Waals surface area contributed by atoms with E-state index in [9.17, 15) is 9.59 Å². The van der Waals surface area contributed by atoms with E-state index < -0.39 is 5.91 Å². The molecule has 0 unspecified atom stereocenters. The molecular formula is C20H20N6O2. The maximum atomic E-state index is 13.0. The summed E-state index contributed by atoms with van der Waals surface area (Å²) in [4.78, 5) is 29.3. The van der Waals surface area contributed by atoms with Gasteiger partial charge in [0.1, 0.15) is 11.3 Å². The predicted molar refractivity (Wildman–Crippen MR) is 102 cm³/mol. The van der Waals surface area contributed by atoms with Gasteiger partial charge in [-0.1, -0.05) is 24.3 Å². The Labute approximate surface area is 161 Å². The molecule has 4 N–H and O–H groups in total. The van der Waals surface area contributed by atoms with Crippen molar-refractivity contribution in [3.8, 4) is 0 Å². The fraction of sp³-hybridized carbons (Fsp3) is 0.300. The third kappa shape index (κ3) is 2.65. The Kier molecular flexibility index (Phi) is 3.87. The van der Waals surface area contributed by atoms with Crippen molar-refractivity contribution in [1.29, 1.82) is 0 Å². The van der Waals surface area contributed by atoms with Crippen LogP contribution in [0, 0.1) is 0 Å². The summed E-state index contributed by atoms with van der Waals surface area (Å²) in [7, 11) is 0. The second kappa shape index (κ2) is 6.42. The largest absolute Gasteiger partial charge is 0.365 e. The van der Waals surface area contributed by atoms with Crippen molar-refractivity contribution in [2.75, 3.05) is 13.1 Å². The van der Waals surface area contributed by atoms with E-state index in [1.54, 1.807) is 6.07 Å². The van der Waals surface area contributed by atoms with Gasteiger partial charge in [-0.05, 0) is 30.0 Å². The summed E-state index contributed by atoms with van der Waals surface area (Å²) in [5.41, 5.74) is 9.71. The Balaban J connectivity index is 1.47. The number of nitrogens with one attached hydrogen (secondary N) is 2. The summed E-state index contributed by atoms with van der Waals surface area (Å²) < 4.78 is 1.45. The van der Waals surface area contributed by atoms with Gasteiger partial charge >= 0.3 is 0 Å². The number of hydrogen-bond acceptors (Lipinski definition) is 5. The molecule has 8 nitrogen and oxygen atoms in total. The summed E-state index contributed by atoms with van der Waals surface area (Å²) in [6.07, 6.45) is 3.13. The van der Waals surface area contributed by atoms with Crippen molar-refractivity contribution >= 4 is 17.5 Å². The van der Waals surface area contributed by atoms with Gasteiger partial charge in [-0.25, -0.2) is 9.50 Å². The molecule has 1 aromatic carbocycles. The number of fused-ring (bicyclic) bond motifs is 2. The Morgan fingerprint density at radius 1 is 1.14 bits per heavy atom. The van der Waals surface area contributed by atoms with Crippen molar-refractivity contribution in [2.24, 2.45) is 5.73 Å². The fourth-order valence-electron chi connectivity index (χ4n) is 4.06. The lowest BCUT2D eigenvalue weighted by Crippen LogP contribution is -2.41. The lowest BCUT2D eigenvalue weighted by atomic mass is 9.96. The number of aromatic nitrogens is 3. The summed E-state index contributed by atoms with van der Waals surface area (Å²) >= 11 is 0. The van der Waals surface area contributed by atoms with E-state index in [0.29, 0.717) is 22.6 Å². The molecule has 0 spiro atoms. The first kappa shape index (κ1) is 16.9. The third-order valence-electron chi connectivity index (χ3n) is 5.58. The van der Waals surface area contributed by atoms with Gasteiger partial charge in [0, 0.05) is 31.2 Å². The number of amides is 2. The fourth-order valence-corrected chi connectivity index (χ4v) is 4.06. The van der Waals surface area contributed by atoms with Gasteiger partial charge < -0.3 is 16.4 Å². The maximum Gasteiger partial charge on any atom is 0.270 e. The van der Waals surface area contributed by atoms with Crippen LogP contribution in [0.3, 0.4) is 0 Å². The zero-order chi connectivity index (χ0) is 19.3. The zero-order valence-electron chi connectivity index (χ0n) is 15.2. The second-order valence-electron chi connectivity index (χ2n) is 7.39. The maximum absolute atomic E-state index is 13.0. The minimum Gasteiger partial charge on any atom is -0.365 e. The standard InChI is InChI=1S/C20H20N6O2/c21-18(27)16-17(13-9-22-10-13)25-26-15(5-6-23-19(16)26)20(28)24-14-7-11-3-1-2-4-12(11)8-14/h1-6,13-14,22H,7-10H2,(H2,21,27)(H,24,28). The van der Waals surface area contributed by atoms with Gasteiger partial charge in [-0.3, -0.25) is 9.59 Å². The molecule has 2 aliphatic rings. The summed E-state index contributed by atoms with van der Waals surface area (Å²) in [5, 5.41) is 10.8. The van der Waals surface area contributed by atoms with Crippen LogP contribution < -0.4 is 16.4 Å². The minimum atomic E-state index is -0.576. The van der Waals surface area contributed by atoms with Crippen molar-refractivity contribution in [3.05, 3.63) is 64.6 Å². The van der Waals surface area contributed by atoms with Gasteiger partial charge in [0.05, 0.1) is 5.69 Å². The summed E-state index contributed by atoms with van der Waals surface area (Å²) in [6, 6.07) is 9.87. The van der Waals surface area contributed by atoms with Gasteiger partial charge in [-0.2, -0.15) is 5.10 Å². The third-order valence-corrected chi connectivity index (χ3v) is 5.58. The molecule has 142 valence electrons. The lowest BCUT2D eigenvalue weighted by molar-refractivity contribution is 0.0929. The number of hydrogen-bond donors (Lipinski definition) is 3. The highest BCUT2D eigenvalue weighted by atomic mass is 16.2. The number of rotatable bonds is 4. The smallest absolute Gasteiger partial charge is 0.270 e. The van der Waals surface area contributed by atoms with Crippen LogP contribution in [0.1, 0.15) is 43.6 Å². The van der Waals surface area contributed by atoms with E-state index in [4.69, 9.17) is 5.73 Å². The van der Waals surface area contributed by atoms with Crippen molar-refractivity contribution in [2.45, 2.75) is 24.8 Å². The molecule has 1 aliphatic heterocycles. The molecule has 3 heterocycles. The van der Waals surface area contributed by atoms with Crippen LogP contribution >= 0.6 is 0 Å². The number of carbonyl (C=O) groups excluding carboxylic acids is 2. The number of benzene rings is 1. The quantitative estimate of drug-likeness (QED) is 0.610. The van der Waals surface area contributed by atoms with E-state index in [1.807, 2.05) is 12.1 Å². The molecule has 2 amide bonds. The molecule has 3 aromatic rings. The average Bonchev–Trinajstić information content (AvgIpc) is 3.20. The molecule has 1 fully saturated rings. The molecule has 28 heavy (non-hydrogen) atoms. The molecule has 1 aliphatic carbocycles. The van der Waals surface area contributed by atoms with Crippen LogP contribution in [0.15, 0.2) is 36.5 Å². The van der Waals surface area contributed by atoms with Gasteiger partial charge in [0.25, 0.3) is 11.8 Å². The second-order valence-corrected chi connectivity index (χ2v) is 7.39. The van der Waals surface area contributed by atoms with Crippen LogP contribution in [0.25, 0.3) is 5.65 Å².